The molecule has 4 nitrogen and oxygen atoms in total. The van der Waals surface area contributed by atoms with Crippen LogP contribution in [0.5, 0.6) is 0 Å². The number of fused-ring (bicyclic) bond motifs is 1. The van der Waals surface area contributed by atoms with Crippen molar-refractivity contribution in [1.29, 1.82) is 0 Å². The highest BCUT2D eigenvalue weighted by molar-refractivity contribution is 6.59. The molecule has 0 unspecified atom stereocenters. The van der Waals surface area contributed by atoms with Crippen LogP contribution in [0.1, 0.15) is 40.4 Å². The van der Waals surface area contributed by atoms with Gasteiger partial charge in [-0.05, 0) is 35.7 Å². The minimum absolute atomic E-state index is 0.278. The van der Waals surface area contributed by atoms with Crippen LogP contribution >= 0.6 is 11.6 Å². The Morgan fingerprint density at radius 1 is 1.12 bits per heavy atom. The number of benzene rings is 2. The number of amides is 1. The Bertz CT molecular complexity index is 869. The normalized spacial score (nSPS) is 14.8. The highest BCUT2D eigenvalue weighted by Gasteiger charge is 2.28. The van der Waals surface area contributed by atoms with E-state index in [0.29, 0.717) is 27.4 Å². The zero-order valence-electron chi connectivity index (χ0n) is 14.1. The molecule has 0 saturated carbocycles. The van der Waals surface area contributed by atoms with E-state index in [9.17, 15) is 9.59 Å². The number of aryl methyl sites for hydroxylation is 1. The standard InChI is InChI=1S/C20H18ClNO3/c1-3-4-12-5-7-13(8-6-12)18(21)17-15-11-14(20(24)25-2)9-10-16(15)22-19(17)23/h5-11H,3-4H2,1-2H3,(H,22,23)/b18-17-. The van der Waals surface area contributed by atoms with Crippen molar-refractivity contribution < 1.29 is 14.3 Å². The molecule has 0 aliphatic carbocycles. The highest BCUT2D eigenvalue weighted by Crippen LogP contribution is 2.39. The second-order valence-electron chi connectivity index (χ2n) is 5.84. The molecule has 2 aromatic carbocycles. The van der Waals surface area contributed by atoms with E-state index in [1.165, 1.54) is 12.7 Å². The van der Waals surface area contributed by atoms with Gasteiger partial charge in [-0.25, -0.2) is 4.79 Å². The Morgan fingerprint density at radius 3 is 2.44 bits per heavy atom. The Hall–Kier alpha value is -2.59. The molecule has 1 amide bonds. The van der Waals surface area contributed by atoms with Crippen LogP contribution in [0.25, 0.3) is 10.6 Å². The first-order chi connectivity index (χ1) is 12.0. The molecule has 0 spiro atoms. The lowest BCUT2D eigenvalue weighted by Crippen LogP contribution is -2.04. The lowest BCUT2D eigenvalue weighted by atomic mass is 10.0. The van der Waals surface area contributed by atoms with E-state index >= 15 is 0 Å². The summed E-state index contributed by atoms with van der Waals surface area (Å²) >= 11 is 6.53. The number of hydrogen-bond acceptors (Lipinski definition) is 3. The van der Waals surface area contributed by atoms with Crippen LogP contribution in [0.2, 0.25) is 0 Å². The predicted octanol–water partition coefficient (Wildman–Crippen LogP) is 4.48. The summed E-state index contributed by atoms with van der Waals surface area (Å²) < 4.78 is 4.75. The van der Waals surface area contributed by atoms with E-state index < -0.39 is 5.97 Å². The quantitative estimate of drug-likeness (QED) is 0.649. The molecule has 1 aliphatic rings. The molecule has 0 saturated heterocycles. The minimum Gasteiger partial charge on any atom is -0.465 e. The van der Waals surface area contributed by atoms with Gasteiger partial charge in [-0.3, -0.25) is 4.79 Å². The van der Waals surface area contributed by atoms with Gasteiger partial charge >= 0.3 is 5.97 Å². The number of hydrogen-bond donors (Lipinski definition) is 1. The maximum absolute atomic E-state index is 12.4. The van der Waals surface area contributed by atoms with Crippen LogP contribution in [-0.2, 0) is 16.0 Å². The van der Waals surface area contributed by atoms with Crippen molar-refractivity contribution in [2.45, 2.75) is 19.8 Å². The molecule has 0 radical (unpaired) electrons. The molecule has 128 valence electrons. The summed E-state index contributed by atoms with van der Waals surface area (Å²) in [5.41, 5.74) is 3.97. The van der Waals surface area contributed by atoms with Gasteiger partial charge in [0, 0.05) is 11.3 Å². The number of halogens is 1. The van der Waals surface area contributed by atoms with E-state index in [1.807, 2.05) is 24.3 Å². The molecule has 25 heavy (non-hydrogen) atoms. The maximum atomic E-state index is 12.4. The number of carbonyl (C=O) groups excluding carboxylic acids is 2. The van der Waals surface area contributed by atoms with Gasteiger partial charge in [0.1, 0.15) is 0 Å². The third kappa shape index (κ3) is 3.30. The van der Waals surface area contributed by atoms with Gasteiger partial charge in [-0.1, -0.05) is 49.2 Å². The molecular formula is C20H18ClNO3. The van der Waals surface area contributed by atoms with Crippen LogP contribution in [0.15, 0.2) is 42.5 Å². The van der Waals surface area contributed by atoms with Gasteiger partial charge in [0.25, 0.3) is 5.91 Å². The molecular weight excluding hydrogens is 338 g/mol. The molecule has 1 aliphatic heterocycles. The zero-order chi connectivity index (χ0) is 18.0. The summed E-state index contributed by atoms with van der Waals surface area (Å²) in [6, 6.07) is 12.8. The van der Waals surface area contributed by atoms with E-state index in [1.54, 1.807) is 18.2 Å². The van der Waals surface area contributed by atoms with Crippen LogP contribution in [0, 0.1) is 0 Å². The van der Waals surface area contributed by atoms with Gasteiger partial charge in [-0.15, -0.1) is 0 Å². The van der Waals surface area contributed by atoms with Crippen LogP contribution in [0.3, 0.4) is 0 Å². The van der Waals surface area contributed by atoms with E-state index in [4.69, 9.17) is 16.3 Å². The van der Waals surface area contributed by atoms with Crippen molar-refractivity contribution in [3.05, 3.63) is 64.7 Å². The fourth-order valence-electron chi connectivity index (χ4n) is 2.88. The summed E-state index contributed by atoms with van der Waals surface area (Å²) in [6.45, 7) is 2.13. The van der Waals surface area contributed by atoms with E-state index in [2.05, 4.69) is 12.2 Å². The van der Waals surface area contributed by atoms with Gasteiger partial charge in [0.2, 0.25) is 0 Å². The second-order valence-corrected chi connectivity index (χ2v) is 6.22. The Kier molecular flexibility index (Phi) is 4.91. The summed E-state index contributed by atoms with van der Waals surface area (Å²) in [4.78, 5) is 24.2. The molecule has 5 heteroatoms. The molecule has 1 N–H and O–H groups in total. The number of anilines is 1. The van der Waals surface area contributed by atoms with Crippen LogP contribution < -0.4 is 5.32 Å². The fraction of sp³-hybridized carbons (Fsp3) is 0.200. The van der Waals surface area contributed by atoms with Gasteiger partial charge in [0.15, 0.2) is 0 Å². The largest absolute Gasteiger partial charge is 0.465 e. The smallest absolute Gasteiger partial charge is 0.337 e. The summed E-state index contributed by atoms with van der Waals surface area (Å²) in [7, 11) is 1.32. The third-order valence-corrected chi connectivity index (χ3v) is 4.56. The molecule has 3 rings (SSSR count). The average molecular weight is 356 g/mol. The first-order valence-electron chi connectivity index (χ1n) is 8.08. The first kappa shape index (κ1) is 17.2. The zero-order valence-corrected chi connectivity index (χ0v) is 14.8. The number of carbonyl (C=O) groups is 2. The van der Waals surface area contributed by atoms with Gasteiger partial charge in [-0.2, -0.15) is 0 Å². The Morgan fingerprint density at radius 2 is 1.80 bits per heavy atom. The molecule has 0 atom stereocenters. The predicted molar refractivity (Wildman–Crippen MR) is 99.5 cm³/mol. The molecule has 0 aromatic heterocycles. The van der Waals surface area contributed by atoms with E-state index in [0.717, 1.165) is 18.4 Å². The molecule has 0 bridgehead atoms. The molecule has 1 heterocycles. The lowest BCUT2D eigenvalue weighted by molar-refractivity contribution is -0.110. The fourth-order valence-corrected chi connectivity index (χ4v) is 3.19. The van der Waals surface area contributed by atoms with E-state index in [-0.39, 0.29) is 5.91 Å². The topological polar surface area (TPSA) is 55.4 Å². The summed E-state index contributed by atoms with van der Waals surface area (Å²) in [5.74, 6) is -0.735. The number of ether oxygens (including phenoxy) is 1. The monoisotopic (exact) mass is 355 g/mol. The Balaban J connectivity index is 2.06. The maximum Gasteiger partial charge on any atom is 0.337 e. The second kappa shape index (κ2) is 7.11. The van der Waals surface area contributed by atoms with Crippen molar-refractivity contribution in [3.8, 4) is 0 Å². The summed E-state index contributed by atoms with van der Waals surface area (Å²) in [5, 5.41) is 3.14. The van der Waals surface area contributed by atoms with Crippen molar-refractivity contribution in [1.82, 2.24) is 0 Å². The van der Waals surface area contributed by atoms with Gasteiger partial charge in [0.05, 0.1) is 23.3 Å². The number of rotatable bonds is 4. The highest BCUT2D eigenvalue weighted by atomic mass is 35.5. The molecule has 2 aromatic rings. The SMILES string of the molecule is CCCc1ccc(/C(Cl)=C2/C(=O)Nc3ccc(C(=O)OC)cc32)cc1. The van der Waals surface area contributed by atoms with Crippen LogP contribution in [0.4, 0.5) is 5.69 Å². The summed E-state index contributed by atoms with van der Waals surface area (Å²) in [6.07, 6.45) is 2.07. The number of esters is 1. The third-order valence-electron chi connectivity index (χ3n) is 4.15. The van der Waals surface area contributed by atoms with Crippen molar-refractivity contribution in [2.75, 3.05) is 12.4 Å². The van der Waals surface area contributed by atoms with Gasteiger partial charge < -0.3 is 10.1 Å². The van der Waals surface area contributed by atoms with Crippen molar-refractivity contribution >= 4 is 39.8 Å². The van der Waals surface area contributed by atoms with Crippen molar-refractivity contribution in [2.24, 2.45) is 0 Å². The Labute approximate surface area is 151 Å². The van der Waals surface area contributed by atoms with Crippen molar-refractivity contribution in [3.63, 3.8) is 0 Å². The average Bonchev–Trinajstić information content (AvgIpc) is 2.96. The first-order valence-corrected chi connectivity index (χ1v) is 8.46. The lowest BCUT2D eigenvalue weighted by Gasteiger charge is -2.07. The minimum atomic E-state index is -0.457. The number of nitrogens with one attached hydrogen (secondary N) is 1. The van der Waals surface area contributed by atoms with Crippen LogP contribution in [-0.4, -0.2) is 19.0 Å². The number of methoxy groups -OCH3 is 1. The molecule has 0 fully saturated rings.